The third-order valence-corrected chi connectivity index (χ3v) is 4.90. The summed E-state index contributed by atoms with van der Waals surface area (Å²) in [6.07, 6.45) is 3.69. The molecule has 1 heterocycles. The van der Waals surface area contributed by atoms with E-state index in [0.29, 0.717) is 0 Å². The topological polar surface area (TPSA) is 40.5 Å². The molecular weight excluding hydrogens is 481 g/mol. The molecule has 160 valence electrons. The Bertz CT molecular complexity index is 1290. The molecule has 0 amide bonds. The third-order valence-electron chi connectivity index (χ3n) is 4.90. The maximum atomic E-state index is 4.76. The first kappa shape index (κ1) is 22.3. The molecular formula is C26H19Cl2FeN3. The van der Waals surface area contributed by atoms with Crippen LogP contribution in [0.5, 0.6) is 0 Å². The zero-order valence-electron chi connectivity index (χ0n) is 16.9. The van der Waals surface area contributed by atoms with Crippen LogP contribution >= 0.6 is 20.2 Å². The fourth-order valence-electron chi connectivity index (χ4n) is 3.38. The molecule has 1 aromatic heterocycles. The van der Waals surface area contributed by atoms with Gasteiger partial charge in [0.25, 0.3) is 0 Å². The van der Waals surface area contributed by atoms with Crippen LogP contribution in [0.4, 0.5) is 11.4 Å². The minimum atomic E-state index is 0.194. The number of aliphatic imine (C=N–C) groups is 2. The van der Waals surface area contributed by atoms with Crippen molar-refractivity contribution in [2.75, 3.05) is 0 Å². The van der Waals surface area contributed by atoms with Crippen molar-refractivity contribution in [2.24, 2.45) is 9.98 Å². The fourth-order valence-corrected chi connectivity index (χ4v) is 3.38. The Labute approximate surface area is 201 Å². The standard InChI is InChI=1S/C26H19N3.2ClH.Fe/c1-3-7-21-15-23(11-9-19(21)5-1)27-17-25-13-14-26(29-25)18-28-24-12-10-20-6-2-4-8-22(20)16-24;;;/h1-18,29H;2*1H;/q;;;+2/p-2. The fraction of sp³-hybridized carbons (Fsp3) is 0. The molecule has 0 saturated carbocycles. The van der Waals surface area contributed by atoms with Crippen LogP contribution in [0.2, 0.25) is 0 Å². The van der Waals surface area contributed by atoms with Gasteiger partial charge in [0, 0.05) is 0 Å². The molecule has 0 aliphatic rings. The van der Waals surface area contributed by atoms with Crippen molar-refractivity contribution < 1.29 is 13.1 Å². The van der Waals surface area contributed by atoms with Gasteiger partial charge in [-0.15, -0.1) is 0 Å². The van der Waals surface area contributed by atoms with E-state index in [1.807, 2.05) is 61.0 Å². The Kier molecular flexibility index (Phi) is 7.76. The maximum absolute atomic E-state index is 4.76. The van der Waals surface area contributed by atoms with Crippen LogP contribution in [0.25, 0.3) is 21.5 Å². The first-order valence-corrected chi connectivity index (χ1v) is 12.9. The van der Waals surface area contributed by atoms with Crippen molar-refractivity contribution in [3.05, 3.63) is 108 Å². The number of hydrogen-bond donors (Lipinski definition) is 1. The van der Waals surface area contributed by atoms with E-state index in [1.54, 1.807) is 0 Å². The summed E-state index contributed by atoms with van der Waals surface area (Å²) in [5.74, 6) is 0. The van der Waals surface area contributed by atoms with E-state index >= 15 is 0 Å². The van der Waals surface area contributed by atoms with Gasteiger partial charge in [0.05, 0.1) is 35.2 Å². The molecule has 0 atom stereocenters. The van der Waals surface area contributed by atoms with Gasteiger partial charge in [0.1, 0.15) is 0 Å². The number of aromatic amines is 1. The second kappa shape index (κ2) is 11.1. The van der Waals surface area contributed by atoms with Crippen molar-refractivity contribution in [3.8, 4) is 0 Å². The van der Waals surface area contributed by atoms with E-state index in [0.717, 1.165) is 22.8 Å². The number of H-pyrrole nitrogens is 1. The van der Waals surface area contributed by atoms with Gasteiger partial charge in [-0.3, -0.25) is 9.98 Å². The van der Waals surface area contributed by atoms with E-state index in [-0.39, 0.29) is 13.1 Å². The normalized spacial score (nSPS) is 11.4. The summed E-state index contributed by atoms with van der Waals surface area (Å²) in [4.78, 5) is 12.5. The van der Waals surface area contributed by atoms with Crippen LogP contribution in [0.15, 0.2) is 107 Å². The van der Waals surface area contributed by atoms with Crippen LogP contribution in [-0.4, -0.2) is 17.4 Å². The van der Waals surface area contributed by atoms with Crippen LogP contribution in [0.3, 0.4) is 0 Å². The van der Waals surface area contributed by atoms with E-state index in [1.165, 1.54) is 21.5 Å². The van der Waals surface area contributed by atoms with Gasteiger partial charge in [0.15, 0.2) is 0 Å². The minimum absolute atomic E-state index is 0.194. The van der Waals surface area contributed by atoms with Gasteiger partial charge in [-0.2, -0.15) is 0 Å². The summed E-state index contributed by atoms with van der Waals surface area (Å²) in [6.45, 7) is 0. The summed E-state index contributed by atoms with van der Waals surface area (Å²) in [5.41, 5.74) is 3.76. The van der Waals surface area contributed by atoms with Crippen LogP contribution in [0.1, 0.15) is 11.4 Å². The first-order valence-electron chi connectivity index (χ1n) is 9.85. The quantitative estimate of drug-likeness (QED) is 0.191. The molecule has 0 fully saturated rings. The third kappa shape index (κ3) is 5.87. The zero-order chi connectivity index (χ0) is 22.2. The molecule has 3 nitrogen and oxygen atoms in total. The summed E-state index contributed by atoms with van der Waals surface area (Å²) in [5, 5.41) is 4.82. The summed E-state index contributed by atoms with van der Waals surface area (Å²) in [7, 11) is 9.53. The van der Waals surface area contributed by atoms with Crippen LogP contribution in [0, 0.1) is 0 Å². The average Bonchev–Trinajstić information content (AvgIpc) is 3.29. The molecule has 0 bridgehead atoms. The summed E-state index contributed by atoms with van der Waals surface area (Å²) < 4.78 is 0. The Morgan fingerprint density at radius 1 is 0.562 bits per heavy atom. The second-order valence-electron chi connectivity index (χ2n) is 7.00. The van der Waals surface area contributed by atoms with Gasteiger partial charge >= 0.3 is 33.3 Å². The number of fused-ring (bicyclic) bond motifs is 2. The predicted molar refractivity (Wildman–Crippen MR) is 135 cm³/mol. The predicted octanol–water partition coefficient (Wildman–Crippen LogP) is 8.20. The zero-order valence-corrected chi connectivity index (χ0v) is 19.5. The van der Waals surface area contributed by atoms with Crippen molar-refractivity contribution in [3.63, 3.8) is 0 Å². The summed E-state index contributed by atoms with van der Waals surface area (Å²) in [6, 6.07) is 33.1. The second-order valence-corrected chi connectivity index (χ2v) is 8.82. The molecule has 1 N–H and O–H groups in total. The SMILES string of the molecule is C(=Nc1ccc2ccccc2c1)c1ccc(C=Nc2ccc3ccccc3c2)[nH]1.[Cl][Fe][Cl]. The average molecular weight is 500 g/mol. The molecule has 4 aromatic carbocycles. The molecule has 5 aromatic rings. The molecule has 32 heavy (non-hydrogen) atoms. The number of nitrogens with one attached hydrogen (secondary N) is 1. The molecule has 0 saturated heterocycles. The van der Waals surface area contributed by atoms with Crippen molar-refractivity contribution >= 4 is 65.5 Å². The summed E-state index contributed by atoms with van der Waals surface area (Å²) >= 11 is 0.194. The molecule has 0 unspecified atom stereocenters. The van der Waals surface area contributed by atoms with E-state index < -0.39 is 0 Å². The van der Waals surface area contributed by atoms with E-state index in [9.17, 15) is 0 Å². The number of nitrogens with zero attached hydrogens (tertiary/aromatic N) is 2. The number of rotatable bonds is 4. The number of hydrogen-bond acceptors (Lipinski definition) is 2. The molecule has 0 aliphatic heterocycles. The van der Waals surface area contributed by atoms with Crippen molar-refractivity contribution in [2.45, 2.75) is 0 Å². The molecule has 0 aliphatic carbocycles. The monoisotopic (exact) mass is 499 g/mol. The number of benzene rings is 4. The Morgan fingerprint density at radius 3 is 1.41 bits per heavy atom. The van der Waals surface area contributed by atoms with Gasteiger partial charge < -0.3 is 4.98 Å². The molecule has 5 rings (SSSR count). The molecule has 0 spiro atoms. The van der Waals surface area contributed by atoms with Crippen LogP contribution < -0.4 is 0 Å². The van der Waals surface area contributed by atoms with Gasteiger partial charge in [-0.05, 0) is 57.9 Å². The molecule has 6 heteroatoms. The van der Waals surface area contributed by atoms with Crippen LogP contribution in [-0.2, 0) is 13.1 Å². The Balaban J connectivity index is 0.000000775. The van der Waals surface area contributed by atoms with E-state index in [2.05, 4.69) is 63.5 Å². The van der Waals surface area contributed by atoms with Crippen molar-refractivity contribution in [1.82, 2.24) is 4.98 Å². The molecule has 0 radical (unpaired) electrons. The Hall–Kier alpha value is -2.88. The number of halogens is 2. The van der Waals surface area contributed by atoms with E-state index in [4.69, 9.17) is 20.2 Å². The Morgan fingerprint density at radius 2 is 0.969 bits per heavy atom. The first-order chi connectivity index (χ1) is 15.7. The number of aromatic nitrogens is 1. The van der Waals surface area contributed by atoms with Gasteiger partial charge in [-0.1, -0.05) is 60.7 Å². The van der Waals surface area contributed by atoms with Gasteiger partial charge in [0.2, 0.25) is 0 Å². The van der Waals surface area contributed by atoms with Gasteiger partial charge in [-0.25, -0.2) is 0 Å². The van der Waals surface area contributed by atoms with Crippen molar-refractivity contribution in [1.29, 1.82) is 0 Å².